The molecule has 8 nitrogen and oxygen atoms in total. The smallest absolute Gasteiger partial charge is 0.269 e. The van der Waals surface area contributed by atoms with E-state index < -0.39 is 9.85 Å². The van der Waals surface area contributed by atoms with Crippen molar-refractivity contribution in [1.82, 2.24) is 0 Å². The fourth-order valence-electron chi connectivity index (χ4n) is 2.11. The lowest BCUT2D eigenvalue weighted by atomic mass is 10.0. The normalized spacial score (nSPS) is 18.5. The molecule has 0 aromatic heterocycles. The highest BCUT2D eigenvalue weighted by atomic mass is 16.6. The molecule has 0 spiro atoms. The third-order valence-electron chi connectivity index (χ3n) is 3.45. The number of nitrogens with zero attached hydrogens (tertiary/aromatic N) is 2. The summed E-state index contributed by atoms with van der Waals surface area (Å²) in [5.74, 6) is 0.986. The van der Waals surface area contributed by atoms with Gasteiger partial charge in [0.1, 0.15) is 11.5 Å². The van der Waals surface area contributed by atoms with Crippen molar-refractivity contribution in [3.8, 4) is 11.5 Å². The van der Waals surface area contributed by atoms with Crippen molar-refractivity contribution in [2.75, 3.05) is 0 Å². The maximum Gasteiger partial charge on any atom is 0.269 e. The first-order valence-corrected chi connectivity index (χ1v) is 7.03. The zero-order valence-corrected chi connectivity index (χ0v) is 12.3. The first-order valence-electron chi connectivity index (χ1n) is 7.03. The van der Waals surface area contributed by atoms with Gasteiger partial charge in [0, 0.05) is 24.3 Å². The molecule has 1 aliphatic rings. The van der Waals surface area contributed by atoms with E-state index in [2.05, 4.69) is 0 Å². The van der Waals surface area contributed by atoms with Crippen molar-refractivity contribution in [2.24, 2.45) is 0 Å². The molecule has 0 aliphatic heterocycles. The van der Waals surface area contributed by atoms with Gasteiger partial charge >= 0.3 is 0 Å². The van der Waals surface area contributed by atoms with Gasteiger partial charge in [0.2, 0.25) is 0 Å². The molecule has 0 fully saturated rings. The molecule has 0 bridgehead atoms. The van der Waals surface area contributed by atoms with Gasteiger partial charge in [0.25, 0.3) is 11.4 Å². The molecular weight excluding hydrogens is 316 g/mol. The minimum atomic E-state index is -0.479. The average molecular weight is 328 g/mol. The van der Waals surface area contributed by atoms with E-state index in [1.54, 1.807) is 12.2 Å². The van der Waals surface area contributed by atoms with Gasteiger partial charge in [-0.2, -0.15) is 0 Å². The Morgan fingerprint density at radius 3 is 1.25 bits per heavy atom. The summed E-state index contributed by atoms with van der Waals surface area (Å²) >= 11 is 0. The van der Waals surface area contributed by atoms with Crippen LogP contribution < -0.4 is 9.47 Å². The van der Waals surface area contributed by atoms with Crippen molar-refractivity contribution in [3.63, 3.8) is 0 Å². The minimum Gasteiger partial charge on any atom is -0.482 e. The van der Waals surface area contributed by atoms with Crippen LogP contribution in [0.1, 0.15) is 0 Å². The van der Waals surface area contributed by atoms with E-state index in [9.17, 15) is 20.2 Å². The Kier molecular flexibility index (Phi) is 4.11. The van der Waals surface area contributed by atoms with Crippen LogP contribution >= 0.6 is 0 Å². The monoisotopic (exact) mass is 328 g/mol. The molecule has 122 valence electrons. The third kappa shape index (κ3) is 3.32. The lowest BCUT2D eigenvalue weighted by molar-refractivity contribution is -0.385. The summed E-state index contributed by atoms with van der Waals surface area (Å²) in [4.78, 5) is 20.3. The molecule has 0 amide bonds. The summed E-state index contributed by atoms with van der Waals surface area (Å²) in [5.41, 5.74) is -0.0182. The third-order valence-corrected chi connectivity index (χ3v) is 3.45. The van der Waals surface area contributed by atoms with E-state index in [1.807, 2.05) is 0 Å². The van der Waals surface area contributed by atoms with Crippen molar-refractivity contribution >= 4 is 11.4 Å². The minimum absolute atomic E-state index is 0.00909. The number of nitro benzene ring substituents is 2. The van der Waals surface area contributed by atoms with Gasteiger partial charge in [-0.3, -0.25) is 20.2 Å². The Morgan fingerprint density at radius 2 is 1.00 bits per heavy atom. The number of ether oxygens (including phenoxy) is 2. The largest absolute Gasteiger partial charge is 0.482 e. The van der Waals surface area contributed by atoms with Crippen molar-refractivity contribution in [2.45, 2.75) is 12.2 Å². The molecule has 0 heterocycles. The van der Waals surface area contributed by atoms with Crippen LogP contribution in [0, 0.1) is 20.2 Å². The van der Waals surface area contributed by atoms with Crippen LogP contribution in [0.15, 0.2) is 60.7 Å². The van der Waals surface area contributed by atoms with Crippen molar-refractivity contribution in [1.29, 1.82) is 0 Å². The topological polar surface area (TPSA) is 105 Å². The Balaban J connectivity index is 1.60. The van der Waals surface area contributed by atoms with Crippen molar-refractivity contribution < 1.29 is 19.3 Å². The molecule has 0 saturated carbocycles. The first-order chi connectivity index (χ1) is 11.5. The summed E-state index contributed by atoms with van der Waals surface area (Å²) in [6.07, 6.45) is 2.94. The quantitative estimate of drug-likeness (QED) is 0.458. The van der Waals surface area contributed by atoms with Gasteiger partial charge < -0.3 is 9.47 Å². The molecular formula is C16H12N2O6. The van der Waals surface area contributed by atoms with E-state index >= 15 is 0 Å². The lowest BCUT2D eigenvalue weighted by Crippen LogP contribution is -2.39. The number of hydrogen-bond acceptors (Lipinski definition) is 6. The van der Waals surface area contributed by atoms with E-state index in [4.69, 9.17) is 9.47 Å². The summed E-state index contributed by atoms with van der Waals surface area (Å²) in [6.45, 7) is 0. The number of rotatable bonds is 6. The second-order valence-corrected chi connectivity index (χ2v) is 5.05. The molecule has 0 saturated heterocycles. The molecule has 0 radical (unpaired) electrons. The zero-order valence-electron chi connectivity index (χ0n) is 12.3. The number of non-ortho nitro benzene ring substituents is 2. The zero-order chi connectivity index (χ0) is 17.1. The molecule has 2 aromatic rings. The second-order valence-electron chi connectivity index (χ2n) is 5.05. The van der Waals surface area contributed by atoms with Crippen molar-refractivity contribution in [3.05, 3.63) is 80.9 Å². The fraction of sp³-hybridized carbons (Fsp3) is 0.125. The maximum absolute atomic E-state index is 10.6. The summed E-state index contributed by atoms with van der Waals surface area (Å²) in [5, 5.41) is 21.2. The van der Waals surface area contributed by atoms with Crippen LogP contribution in [-0.4, -0.2) is 22.1 Å². The SMILES string of the molecule is O=[N+]([O-])c1ccc(OC2C=CC2Oc2ccc([N+](=O)[O-])cc2)cc1. The van der Waals surface area contributed by atoms with Gasteiger partial charge in [0.15, 0.2) is 12.2 Å². The predicted molar refractivity (Wildman–Crippen MR) is 84.2 cm³/mol. The molecule has 2 atom stereocenters. The highest BCUT2D eigenvalue weighted by Gasteiger charge is 2.28. The van der Waals surface area contributed by atoms with Crippen LogP contribution in [0.2, 0.25) is 0 Å². The number of hydrogen-bond donors (Lipinski definition) is 0. The number of benzene rings is 2. The van der Waals surface area contributed by atoms with Gasteiger partial charge in [-0.1, -0.05) is 0 Å². The number of nitro groups is 2. The lowest BCUT2D eigenvalue weighted by Gasteiger charge is -2.30. The maximum atomic E-state index is 10.6. The van der Waals surface area contributed by atoms with Crippen LogP contribution in [0.25, 0.3) is 0 Å². The van der Waals surface area contributed by atoms with Gasteiger partial charge in [0.05, 0.1) is 9.85 Å². The standard InChI is InChI=1S/C16H12N2O6/c19-17(20)11-1-5-13(6-2-11)23-15-9-10-16(15)24-14-7-3-12(4-8-14)18(21)22/h1-10,15-16H. The van der Waals surface area contributed by atoms with Crippen LogP contribution in [0.5, 0.6) is 11.5 Å². The Labute approximate surface area is 136 Å². The second kappa shape index (κ2) is 6.37. The Hall–Kier alpha value is -3.42. The highest BCUT2D eigenvalue weighted by Crippen LogP contribution is 2.26. The van der Waals surface area contributed by atoms with E-state index in [0.717, 1.165) is 0 Å². The predicted octanol–water partition coefficient (Wildman–Crippen LogP) is 3.27. The van der Waals surface area contributed by atoms with E-state index in [-0.39, 0.29) is 23.6 Å². The Bertz CT molecular complexity index is 718. The molecule has 24 heavy (non-hydrogen) atoms. The van der Waals surface area contributed by atoms with E-state index in [0.29, 0.717) is 11.5 Å². The Morgan fingerprint density at radius 1 is 0.667 bits per heavy atom. The summed E-state index contributed by atoms with van der Waals surface area (Å²) in [7, 11) is 0. The molecule has 2 aromatic carbocycles. The van der Waals surface area contributed by atoms with Crippen LogP contribution in [0.3, 0.4) is 0 Å². The van der Waals surface area contributed by atoms with Gasteiger partial charge in [-0.25, -0.2) is 0 Å². The van der Waals surface area contributed by atoms with E-state index in [1.165, 1.54) is 48.5 Å². The molecule has 8 heteroatoms. The summed E-state index contributed by atoms with van der Waals surface area (Å²) < 4.78 is 11.4. The molecule has 2 unspecified atom stereocenters. The fourth-order valence-corrected chi connectivity index (χ4v) is 2.11. The first kappa shape index (κ1) is 15.5. The molecule has 1 aliphatic carbocycles. The van der Waals surface area contributed by atoms with Gasteiger partial charge in [-0.05, 0) is 36.4 Å². The van der Waals surface area contributed by atoms with Crippen LogP contribution in [0.4, 0.5) is 11.4 Å². The van der Waals surface area contributed by atoms with Gasteiger partial charge in [-0.15, -0.1) is 0 Å². The average Bonchev–Trinajstić information content (AvgIpc) is 2.57. The molecule has 0 N–H and O–H groups in total. The summed E-state index contributed by atoms with van der Waals surface area (Å²) in [6, 6.07) is 11.5. The highest BCUT2D eigenvalue weighted by molar-refractivity contribution is 5.38. The van der Waals surface area contributed by atoms with Crippen LogP contribution in [-0.2, 0) is 0 Å². The molecule has 3 rings (SSSR count).